The summed E-state index contributed by atoms with van der Waals surface area (Å²) in [6, 6.07) is 18.2. The number of nitrogen functional groups attached to an aromatic ring is 1. The topological polar surface area (TPSA) is 68.2 Å². The van der Waals surface area contributed by atoms with E-state index >= 15 is 0 Å². The Hall–Kier alpha value is -2.82. The zero-order chi connectivity index (χ0) is 15.4. The zero-order valence-corrected chi connectivity index (χ0v) is 12.4. The Labute approximate surface area is 129 Å². The highest BCUT2D eigenvalue weighted by Crippen LogP contribution is 2.24. The van der Waals surface area contributed by atoms with E-state index in [0.717, 1.165) is 18.7 Å². The Balaban J connectivity index is 1.82. The van der Waals surface area contributed by atoms with Crippen LogP contribution in [0.3, 0.4) is 0 Å². The third-order valence-electron chi connectivity index (χ3n) is 3.42. The van der Waals surface area contributed by atoms with Gasteiger partial charge in [0.15, 0.2) is 0 Å². The fraction of sp³-hybridized carbons (Fsp3) is 0.176. The van der Waals surface area contributed by atoms with E-state index < -0.39 is 0 Å². The smallest absolute Gasteiger partial charge is 0.318 e. The molecule has 5 nitrogen and oxygen atoms in total. The van der Waals surface area contributed by atoms with Crippen molar-refractivity contribution in [2.45, 2.75) is 13.5 Å². The van der Waals surface area contributed by atoms with Gasteiger partial charge >= 0.3 is 6.01 Å². The third kappa shape index (κ3) is 3.09. The van der Waals surface area contributed by atoms with E-state index in [1.807, 2.05) is 47.4 Å². The Morgan fingerprint density at radius 2 is 1.86 bits per heavy atom. The predicted molar refractivity (Wildman–Crippen MR) is 87.3 cm³/mol. The summed E-state index contributed by atoms with van der Waals surface area (Å²) in [5.74, 6) is 0.480. The first-order valence-corrected chi connectivity index (χ1v) is 7.24. The van der Waals surface area contributed by atoms with Crippen LogP contribution < -0.4 is 10.6 Å². The summed E-state index contributed by atoms with van der Waals surface area (Å²) in [6.45, 7) is 3.58. The molecular weight excluding hydrogens is 276 g/mol. The van der Waals surface area contributed by atoms with Crippen LogP contribution in [0, 0.1) is 0 Å². The monoisotopic (exact) mass is 294 g/mol. The fourth-order valence-electron chi connectivity index (χ4n) is 2.25. The summed E-state index contributed by atoms with van der Waals surface area (Å²) in [7, 11) is 0. The average Bonchev–Trinajstić information content (AvgIpc) is 3.03. The van der Waals surface area contributed by atoms with Gasteiger partial charge in [-0.3, -0.25) is 0 Å². The van der Waals surface area contributed by atoms with Crippen LogP contribution in [0.1, 0.15) is 12.5 Å². The molecule has 0 radical (unpaired) electrons. The van der Waals surface area contributed by atoms with Crippen molar-refractivity contribution >= 4 is 11.7 Å². The first-order chi connectivity index (χ1) is 10.8. The number of benzene rings is 2. The molecule has 0 bridgehead atoms. The van der Waals surface area contributed by atoms with Crippen molar-refractivity contribution < 1.29 is 4.42 Å². The van der Waals surface area contributed by atoms with Crippen LogP contribution in [-0.4, -0.2) is 16.7 Å². The van der Waals surface area contributed by atoms with Gasteiger partial charge in [0.1, 0.15) is 0 Å². The van der Waals surface area contributed by atoms with Crippen molar-refractivity contribution in [3.8, 4) is 11.5 Å². The lowest BCUT2D eigenvalue weighted by Crippen LogP contribution is -2.22. The molecule has 1 heterocycles. The van der Waals surface area contributed by atoms with E-state index in [9.17, 15) is 0 Å². The lowest BCUT2D eigenvalue weighted by molar-refractivity contribution is 0.545. The molecule has 0 aliphatic carbocycles. The molecule has 1 aromatic heterocycles. The van der Waals surface area contributed by atoms with Gasteiger partial charge in [-0.1, -0.05) is 41.5 Å². The van der Waals surface area contributed by atoms with Gasteiger partial charge in [0.2, 0.25) is 5.89 Å². The van der Waals surface area contributed by atoms with Gasteiger partial charge in [0.05, 0.1) is 0 Å². The molecule has 0 amide bonds. The highest BCUT2D eigenvalue weighted by Gasteiger charge is 2.14. The summed E-state index contributed by atoms with van der Waals surface area (Å²) in [6.07, 6.45) is 0. The molecule has 3 aromatic rings. The standard InChI is InChI=1S/C17H18N4O/c1-2-21(12-13-7-4-3-5-8-13)17-20-19-16(22-17)14-9-6-10-15(18)11-14/h3-11H,2,12,18H2,1H3. The SMILES string of the molecule is CCN(Cc1ccccc1)c1nnc(-c2cccc(N)c2)o1. The van der Waals surface area contributed by atoms with Crippen LogP contribution in [0.25, 0.3) is 11.5 Å². The molecule has 2 aromatic carbocycles. The van der Waals surface area contributed by atoms with Gasteiger partial charge in [0.25, 0.3) is 0 Å². The number of anilines is 2. The zero-order valence-electron chi connectivity index (χ0n) is 12.4. The van der Waals surface area contributed by atoms with E-state index in [-0.39, 0.29) is 0 Å². The summed E-state index contributed by atoms with van der Waals surface area (Å²) in [5, 5.41) is 8.28. The molecular formula is C17H18N4O. The molecule has 112 valence electrons. The van der Waals surface area contributed by atoms with Gasteiger partial charge in [0, 0.05) is 24.3 Å². The van der Waals surface area contributed by atoms with Crippen molar-refractivity contribution in [1.29, 1.82) is 0 Å². The Bertz CT molecular complexity index is 739. The van der Waals surface area contributed by atoms with Crippen LogP contribution >= 0.6 is 0 Å². The van der Waals surface area contributed by atoms with Gasteiger partial charge in [-0.05, 0) is 30.7 Å². The molecule has 0 aliphatic heterocycles. The lowest BCUT2D eigenvalue weighted by atomic mass is 10.2. The molecule has 0 unspecified atom stereocenters. The van der Waals surface area contributed by atoms with Gasteiger partial charge in [-0.25, -0.2) is 0 Å². The molecule has 0 atom stereocenters. The molecule has 22 heavy (non-hydrogen) atoms. The number of rotatable bonds is 5. The van der Waals surface area contributed by atoms with Gasteiger partial charge < -0.3 is 15.1 Å². The Kier molecular flexibility index (Phi) is 4.05. The van der Waals surface area contributed by atoms with Crippen molar-refractivity contribution in [1.82, 2.24) is 10.2 Å². The van der Waals surface area contributed by atoms with Crippen molar-refractivity contribution in [2.75, 3.05) is 17.2 Å². The minimum absolute atomic E-state index is 0.480. The molecule has 0 aliphatic rings. The van der Waals surface area contributed by atoms with E-state index in [4.69, 9.17) is 10.2 Å². The maximum absolute atomic E-state index is 5.80. The van der Waals surface area contributed by atoms with Crippen LogP contribution in [0.5, 0.6) is 0 Å². The van der Waals surface area contributed by atoms with E-state index in [2.05, 4.69) is 29.3 Å². The average molecular weight is 294 g/mol. The van der Waals surface area contributed by atoms with E-state index in [1.54, 1.807) is 0 Å². The Morgan fingerprint density at radius 1 is 1.05 bits per heavy atom. The molecule has 5 heteroatoms. The third-order valence-corrected chi connectivity index (χ3v) is 3.42. The molecule has 0 saturated heterocycles. The second-order valence-corrected chi connectivity index (χ2v) is 5.02. The van der Waals surface area contributed by atoms with Crippen LogP contribution in [-0.2, 0) is 6.54 Å². The van der Waals surface area contributed by atoms with E-state index in [0.29, 0.717) is 17.6 Å². The Morgan fingerprint density at radius 3 is 2.59 bits per heavy atom. The van der Waals surface area contributed by atoms with Crippen LogP contribution in [0.4, 0.5) is 11.7 Å². The fourth-order valence-corrected chi connectivity index (χ4v) is 2.25. The summed E-state index contributed by atoms with van der Waals surface area (Å²) in [4.78, 5) is 2.04. The summed E-state index contributed by atoms with van der Waals surface area (Å²) < 4.78 is 5.80. The number of hydrogen-bond acceptors (Lipinski definition) is 5. The van der Waals surface area contributed by atoms with E-state index in [1.165, 1.54) is 5.56 Å². The minimum Gasteiger partial charge on any atom is -0.403 e. The largest absolute Gasteiger partial charge is 0.403 e. The first kappa shape index (κ1) is 14.1. The molecule has 0 spiro atoms. The second-order valence-electron chi connectivity index (χ2n) is 5.02. The van der Waals surface area contributed by atoms with Crippen LogP contribution in [0.15, 0.2) is 59.0 Å². The number of hydrogen-bond donors (Lipinski definition) is 1. The number of nitrogens with zero attached hydrogens (tertiary/aromatic N) is 3. The van der Waals surface area contributed by atoms with Crippen LogP contribution in [0.2, 0.25) is 0 Å². The summed E-state index contributed by atoms with van der Waals surface area (Å²) >= 11 is 0. The molecule has 0 fully saturated rings. The van der Waals surface area contributed by atoms with Crippen molar-refractivity contribution in [3.05, 3.63) is 60.2 Å². The summed E-state index contributed by atoms with van der Waals surface area (Å²) in [5.41, 5.74) is 8.50. The second kappa shape index (κ2) is 6.30. The molecule has 0 saturated carbocycles. The minimum atomic E-state index is 0.480. The van der Waals surface area contributed by atoms with Gasteiger partial charge in [-0.2, -0.15) is 0 Å². The number of aromatic nitrogens is 2. The molecule has 2 N–H and O–H groups in total. The van der Waals surface area contributed by atoms with Crippen molar-refractivity contribution in [2.24, 2.45) is 0 Å². The quantitative estimate of drug-likeness (QED) is 0.731. The lowest BCUT2D eigenvalue weighted by Gasteiger charge is -2.17. The highest BCUT2D eigenvalue weighted by atomic mass is 16.4. The normalized spacial score (nSPS) is 10.6. The molecule has 3 rings (SSSR count). The predicted octanol–water partition coefficient (Wildman–Crippen LogP) is 3.35. The van der Waals surface area contributed by atoms with Crippen molar-refractivity contribution in [3.63, 3.8) is 0 Å². The number of nitrogens with two attached hydrogens (primary N) is 1. The maximum atomic E-state index is 5.80. The first-order valence-electron chi connectivity index (χ1n) is 7.24. The van der Waals surface area contributed by atoms with Gasteiger partial charge in [-0.15, -0.1) is 5.10 Å². The maximum Gasteiger partial charge on any atom is 0.318 e. The highest BCUT2D eigenvalue weighted by molar-refractivity contribution is 5.59.